The predicted molar refractivity (Wildman–Crippen MR) is 256 cm³/mol. The van der Waals surface area contributed by atoms with Crippen molar-refractivity contribution in [3.8, 4) is 23.0 Å². The number of carbonyl (C=O) groups is 4. The molecule has 0 spiro atoms. The van der Waals surface area contributed by atoms with Gasteiger partial charge in [-0.05, 0) is 113 Å². The molecule has 320 valence electrons. The van der Waals surface area contributed by atoms with Gasteiger partial charge in [-0.3, -0.25) is 0 Å². The van der Waals surface area contributed by atoms with Crippen LogP contribution in [0.1, 0.15) is 60.8 Å². The summed E-state index contributed by atoms with van der Waals surface area (Å²) in [6.45, 7) is 7.41. The van der Waals surface area contributed by atoms with Gasteiger partial charge in [0.15, 0.2) is 0 Å². The summed E-state index contributed by atoms with van der Waals surface area (Å²) in [5, 5.41) is 4.91. The van der Waals surface area contributed by atoms with Gasteiger partial charge in [-0.15, -0.1) is 6.58 Å². The highest BCUT2D eigenvalue weighted by atomic mass is 16.5. The molecule has 0 saturated carbocycles. The second-order valence-corrected chi connectivity index (χ2v) is 14.6. The Kier molecular flexibility index (Phi) is 14.7. The molecule has 9 aromatic carbocycles. The van der Waals surface area contributed by atoms with Crippen molar-refractivity contribution in [1.29, 1.82) is 0 Å². The molecule has 0 aliphatic heterocycles. The van der Waals surface area contributed by atoms with E-state index in [1.54, 1.807) is 91.0 Å². The van der Waals surface area contributed by atoms with Gasteiger partial charge in [0.05, 0.1) is 22.3 Å². The molecule has 8 nitrogen and oxygen atoms in total. The van der Waals surface area contributed by atoms with Crippen LogP contribution in [0.3, 0.4) is 0 Å². The maximum atomic E-state index is 13.2. The normalized spacial score (nSPS) is 10.4. The zero-order valence-electron chi connectivity index (χ0n) is 35.8. The molecule has 0 N–H and O–H groups in total. The Labute approximate surface area is 376 Å². The third-order valence-electron chi connectivity index (χ3n) is 10.0. The van der Waals surface area contributed by atoms with Gasteiger partial charge < -0.3 is 18.9 Å². The van der Waals surface area contributed by atoms with Crippen molar-refractivity contribution in [3.05, 3.63) is 241 Å². The van der Waals surface area contributed by atoms with Crippen LogP contribution < -0.4 is 18.9 Å². The molecule has 0 aliphatic carbocycles. The molecule has 0 unspecified atom stereocenters. The molecule has 9 rings (SSSR count). The highest BCUT2D eigenvalue weighted by molar-refractivity contribution is 6.00. The lowest BCUT2D eigenvalue weighted by molar-refractivity contribution is 0.0717. The Balaban J connectivity index is 0.000000507. The molecular weight excluding hydrogens is 813 g/mol. The number of fused-ring (bicyclic) bond motifs is 3. The molecule has 0 aromatic heterocycles. The minimum Gasteiger partial charge on any atom is -0.423 e. The van der Waals surface area contributed by atoms with Crippen molar-refractivity contribution in [2.45, 2.75) is 20.3 Å². The topological polar surface area (TPSA) is 105 Å². The van der Waals surface area contributed by atoms with Crippen LogP contribution in [0.15, 0.2) is 213 Å². The first-order valence-corrected chi connectivity index (χ1v) is 20.9. The molecule has 9 aromatic rings. The smallest absolute Gasteiger partial charge is 0.343 e. The van der Waals surface area contributed by atoms with Crippen molar-refractivity contribution in [2.75, 3.05) is 0 Å². The predicted octanol–water partition coefficient (Wildman–Crippen LogP) is 13.5. The molecule has 0 heterocycles. The number of ether oxygens (including phenoxy) is 4. The van der Waals surface area contributed by atoms with Crippen LogP contribution in [0.25, 0.3) is 32.3 Å². The van der Waals surface area contributed by atoms with Gasteiger partial charge in [0.1, 0.15) is 23.0 Å². The van der Waals surface area contributed by atoms with Crippen LogP contribution >= 0.6 is 0 Å². The van der Waals surface area contributed by atoms with Crippen LogP contribution in [0.5, 0.6) is 23.0 Å². The number of hydrogen-bond acceptors (Lipinski definition) is 8. The standard InChI is InChI=1S/C46H28O8.C8H10.C3H6/c47-43(32-13-5-15-34(25-32)45(49)53-41-19-7-11-30-9-1-3-17-39(30)41)51-37-23-21-29-22-24-38(28-36(29)27-37)52-44(48)33-14-6-16-35(26-33)46(50)54-42-20-8-12-31-10-2-4-18-40(31)42;1-2-8-6-4-3-5-7-8;1-3-2/h1-28H;3-7H,2H2,1H3;3H,1H2,2H3. The van der Waals surface area contributed by atoms with Crippen LogP contribution in [-0.4, -0.2) is 23.9 Å². The summed E-state index contributed by atoms with van der Waals surface area (Å²) in [6.07, 6.45) is 2.89. The number of esters is 4. The number of carbonyl (C=O) groups excluding carboxylic acids is 4. The minimum absolute atomic E-state index is 0.161. The van der Waals surface area contributed by atoms with Crippen molar-refractivity contribution < 1.29 is 38.1 Å². The molecule has 0 atom stereocenters. The highest BCUT2D eigenvalue weighted by Crippen LogP contribution is 2.29. The second-order valence-electron chi connectivity index (χ2n) is 14.6. The number of rotatable bonds is 9. The first-order chi connectivity index (χ1) is 31.7. The Morgan fingerprint density at radius 1 is 0.400 bits per heavy atom. The van der Waals surface area contributed by atoms with Gasteiger partial charge in [-0.1, -0.05) is 140 Å². The van der Waals surface area contributed by atoms with E-state index in [0.29, 0.717) is 16.9 Å². The molecule has 8 heteroatoms. The van der Waals surface area contributed by atoms with Crippen LogP contribution in [0, 0.1) is 0 Å². The molecule has 0 fully saturated rings. The summed E-state index contributed by atoms with van der Waals surface area (Å²) in [4.78, 5) is 52.5. The summed E-state index contributed by atoms with van der Waals surface area (Å²) < 4.78 is 22.7. The summed E-state index contributed by atoms with van der Waals surface area (Å²) in [5.74, 6) is -1.24. The van der Waals surface area contributed by atoms with Gasteiger partial charge >= 0.3 is 23.9 Å². The molecule has 0 bridgehead atoms. The lowest BCUT2D eigenvalue weighted by Gasteiger charge is -2.10. The fourth-order valence-electron chi connectivity index (χ4n) is 6.81. The van der Waals surface area contributed by atoms with Gasteiger partial charge in [-0.2, -0.15) is 0 Å². The Morgan fingerprint density at radius 3 is 1.18 bits per heavy atom. The first kappa shape index (κ1) is 44.4. The third-order valence-corrected chi connectivity index (χ3v) is 10.0. The fourth-order valence-corrected chi connectivity index (χ4v) is 6.81. The summed E-state index contributed by atoms with van der Waals surface area (Å²) in [6, 6.07) is 58.9. The summed E-state index contributed by atoms with van der Waals surface area (Å²) in [7, 11) is 0. The van der Waals surface area contributed by atoms with Crippen molar-refractivity contribution in [1.82, 2.24) is 0 Å². The van der Waals surface area contributed by atoms with Gasteiger partial charge in [-0.25, -0.2) is 19.2 Å². The number of allylic oxidation sites excluding steroid dienone is 1. The lowest BCUT2D eigenvalue weighted by atomic mass is 10.1. The third kappa shape index (κ3) is 11.5. The number of aryl methyl sites for hydroxylation is 1. The van der Waals surface area contributed by atoms with E-state index < -0.39 is 23.9 Å². The average molecular weight is 857 g/mol. The number of hydrogen-bond donors (Lipinski definition) is 0. The maximum absolute atomic E-state index is 13.2. The zero-order chi connectivity index (χ0) is 45.5. The number of benzene rings is 9. The Morgan fingerprint density at radius 2 is 0.769 bits per heavy atom. The maximum Gasteiger partial charge on any atom is 0.343 e. The fraction of sp³-hybridized carbons (Fsp3) is 0.0526. The van der Waals surface area contributed by atoms with Crippen LogP contribution in [-0.2, 0) is 6.42 Å². The van der Waals surface area contributed by atoms with E-state index in [9.17, 15) is 19.2 Å². The lowest BCUT2D eigenvalue weighted by Crippen LogP contribution is -2.13. The summed E-state index contributed by atoms with van der Waals surface area (Å²) >= 11 is 0. The molecule has 0 amide bonds. The molecule has 0 aliphatic rings. The quantitative estimate of drug-likeness (QED) is 0.0803. The first-order valence-electron chi connectivity index (χ1n) is 20.9. The van der Waals surface area contributed by atoms with E-state index in [-0.39, 0.29) is 33.8 Å². The second kappa shape index (κ2) is 21.4. The van der Waals surface area contributed by atoms with Crippen LogP contribution in [0.4, 0.5) is 0 Å². The monoisotopic (exact) mass is 856 g/mol. The van der Waals surface area contributed by atoms with Crippen molar-refractivity contribution in [2.24, 2.45) is 0 Å². The van der Waals surface area contributed by atoms with E-state index in [2.05, 4.69) is 37.8 Å². The van der Waals surface area contributed by atoms with E-state index in [1.807, 2.05) is 85.8 Å². The van der Waals surface area contributed by atoms with E-state index in [1.165, 1.54) is 17.7 Å². The molecule has 0 saturated heterocycles. The molecule has 0 radical (unpaired) electrons. The van der Waals surface area contributed by atoms with Gasteiger partial charge in [0.2, 0.25) is 0 Å². The highest BCUT2D eigenvalue weighted by Gasteiger charge is 2.18. The van der Waals surface area contributed by atoms with Crippen LogP contribution in [0.2, 0.25) is 0 Å². The van der Waals surface area contributed by atoms with Gasteiger partial charge in [0, 0.05) is 10.8 Å². The Hall–Kier alpha value is -8.62. The van der Waals surface area contributed by atoms with E-state index in [0.717, 1.165) is 33.4 Å². The molecule has 65 heavy (non-hydrogen) atoms. The Bertz CT molecular complexity index is 2960. The SMILES string of the molecule is C=CC.CCc1ccccc1.O=C(Oc1ccc2ccc(OC(=O)c3cccc(C(=O)Oc4cccc5ccccc45)c3)cc2c1)c1cccc(C(=O)Oc2cccc3ccccc23)c1. The van der Waals surface area contributed by atoms with Crippen molar-refractivity contribution in [3.63, 3.8) is 0 Å². The zero-order valence-corrected chi connectivity index (χ0v) is 35.8. The van der Waals surface area contributed by atoms with Gasteiger partial charge in [0.25, 0.3) is 0 Å². The van der Waals surface area contributed by atoms with E-state index >= 15 is 0 Å². The minimum atomic E-state index is -0.671. The van der Waals surface area contributed by atoms with Crippen molar-refractivity contribution >= 4 is 56.2 Å². The summed E-state index contributed by atoms with van der Waals surface area (Å²) in [5.41, 5.74) is 2.11. The van der Waals surface area contributed by atoms with E-state index in [4.69, 9.17) is 18.9 Å². The largest absolute Gasteiger partial charge is 0.423 e. The average Bonchev–Trinajstić information content (AvgIpc) is 3.35. The molecular formula is C57H44O8.